The van der Waals surface area contributed by atoms with Gasteiger partial charge in [-0.3, -0.25) is 0 Å². The zero-order chi connectivity index (χ0) is 11.9. The molecule has 0 bridgehead atoms. The van der Waals surface area contributed by atoms with Crippen LogP contribution in [0.25, 0.3) is 0 Å². The highest BCUT2D eigenvalue weighted by atomic mass is 16.5. The van der Waals surface area contributed by atoms with Crippen molar-refractivity contribution >= 4 is 0 Å². The number of aromatic nitrogens is 2. The van der Waals surface area contributed by atoms with Gasteiger partial charge < -0.3 is 14.4 Å². The summed E-state index contributed by atoms with van der Waals surface area (Å²) in [5.41, 5.74) is 1.86. The lowest BCUT2D eigenvalue weighted by Gasteiger charge is -2.04. The van der Waals surface area contributed by atoms with Crippen LogP contribution in [-0.4, -0.2) is 21.3 Å². The van der Waals surface area contributed by atoms with E-state index in [2.05, 4.69) is 4.98 Å². The van der Waals surface area contributed by atoms with Crippen LogP contribution in [0, 0.1) is 0 Å². The Balaban J connectivity index is 1.69. The Labute approximate surface area is 100 Å². The van der Waals surface area contributed by atoms with Gasteiger partial charge in [0.05, 0.1) is 31.8 Å². The topological polar surface area (TPSA) is 47.3 Å². The molecule has 17 heavy (non-hydrogen) atoms. The average Bonchev–Trinajstić information content (AvgIpc) is 2.84. The maximum atomic E-state index is 8.86. The Hall–Kier alpha value is -1.65. The van der Waals surface area contributed by atoms with Crippen LogP contribution in [0.3, 0.4) is 0 Å². The number of nitrogens with zero attached hydrogens (tertiary/aromatic N) is 2. The second-order valence-electron chi connectivity index (χ2n) is 3.80. The van der Waals surface area contributed by atoms with Gasteiger partial charge in [-0.1, -0.05) is 30.3 Å². The fourth-order valence-corrected chi connectivity index (χ4v) is 1.54. The van der Waals surface area contributed by atoms with E-state index < -0.39 is 0 Å². The number of imidazole rings is 1. The first-order chi connectivity index (χ1) is 8.38. The second kappa shape index (κ2) is 6.18. The number of aliphatic hydroxyl groups is 1. The quantitative estimate of drug-likeness (QED) is 0.769. The molecule has 4 heteroatoms. The zero-order valence-electron chi connectivity index (χ0n) is 9.62. The van der Waals surface area contributed by atoms with Crippen molar-refractivity contribution < 1.29 is 9.84 Å². The van der Waals surface area contributed by atoms with Gasteiger partial charge in [0.25, 0.3) is 0 Å². The van der Waals surface area contributed by atoms with Crippen LogP contribution in [0.15, 0.2) is 42.9 Å². The van der Waals surface area contributed by atoms with E-state index in [0.29, 0.717) is 18.9 Å². The molecule has 1 aromatic heterocycles. The van der Waals surface area contributed by atoms with Crippen LogP contribution < -0.4 is 0 Å². The number of ether oxygens (including phenoxy) is 1. The van der Waals surface area contributed by atoms with Crippen LogP contribution >= 0.6 is 0 Å². The molecule has 90 valence electrons. The van der Waals surface area contributed by atoms with Crippen LogP contribution in [0.5, 0.6) is 0 Å². The van der Waals surface area contributed by atoms with Crippen molar-refractivity contribution in [1.82, 2.24) is 9.55 Å². The Morgan fingerprint density at radius 1 is 1.24 bits per heavy atom. The van der Waals surface area contributed by atoms with E-state index in [4.69, 9.17) is 9.84 Å². The van der Waals surface area contributed by atoms with E-state index >= 15 is 0 Å². The highest BCUT2D eigenvalue weighted by molar-refractivity contribution is 5.13. The van der Waals surface area contributed by atoms with E-state index in [1.54, 1.807) is 6.33 Å². The van der Waals surface area contributed by atoms with E-state index in [0.717, 1.165) is 6.54 Å². The van der Waals surface area contributed by atoms with Gasteiger partial charge in [-0.15, -0.1) is 0 Å². The minimum Gasteiger partial charge on any atom is -0.390 e. The van der Waals surface area contributed by atoms with E-state index in [9.17, 15) is 0 Å². The molecule has 0 saturated carbocycles. The van der Waals surface area contributed by atoms with Crippen molar-refractivity contribution in [2.45, 2.75) is 19.8 Å². The molecule has 0 aliphatic heterocycles. The molecule has 0 fully saturated rings. The number of hydrogen-bond donors (Lipinski definition) is 1. The first kappa shape index (κ1) is 11.8. The summed E-state index contributed by atoms with van der Waals surface area (Å²) in [5, 5.41) is 8.86. The van der Waals surface area contributed by atoms with Crippen molar-refractivity contribution in [3.8, 4) is 0 Å². The SMILES string of the molecule is OCc1cn(CCOCc2ccccc2)cn1. The third kappa shape index (κ3) is 3.69. The molecule has 0 aliphatic carbocycles. The average molecular weight is 232 g/mol. The van der Waals surface area contributed by atoms with Gasteiger partial charge in [0.1, 0.15) is 0 Å². The summed E-state index contributed by atoms with van der Waals surface area (Å²) in [7, 11) is 0. The predicted octanol–water partition coefficient (Wildman–Crippen LogP) is 1.59. The molecular weight excluding hydrogens is 216 g/mol. The van der Waals surface area contributed by atoms with Gasteiger partial charge >= 0.3 is 0 Å². The molecular formula is C13H16N2O2. The van der Waals surface area contributed by atoms with Crippen LogP contribution in [0.1, 0.15) is 11.3 Å². The summed E-state index contributed by atoms with van der Waals surface area (Å²) in [6.07, 6.45) is 3.53. The van der Waals surface area contributed by atoms with Gasteiger partial charge in [-0.25, -0.2) is 4.98 Å². The molecule has 2 rings (SSSR count). The van der Waals surface area contributed by atoms with Crippen molar-refractivity contribution in [3.05, 3.63) is 54.1 Å². The lowest BCUT2D eigenvalue weighted by atomic mass is 10.2. The molecule has 0 unspecified atom stereocenters. The number of aliphatic hydroxyl groups excluding tert-OH is 1. The minimum atomic E-state index is -0.0160. The van der Waals surface area contributed by atoms with Crippen molar-refractivity contribution in [2.75, 3.05) is 6.61 Å². The van der Waals surface area contributed by atoms with Gasteiger partial charge in [0, 0.05) is 12.7 Å². The van der Waals surface area contributed by atoms with E-state index in [-0.39, 0.29) is 6.61 Å². The van der Waals surface area contributed by atoms with Gasteiger partial charge in [-0.05, 0) is 5.56 Å². The molecule has 0 aliphatic rings. The predicted molar refractivity (Wildman–Crippen MR) is 64.2 cm³/mol. The first-order valence-electron chi connectivity index (χ1n) is 5.61. The molecule has 0 radical (unpaired) electrons. The smallest absolute Gasteiger partial charge is 0.0951 e. The molecule has 2 aromatic rings. The van der Waals surface area contributed by atoms with Crippen LogP contribution in [0.2, 0.25) is 0 Å². The highest BCUT2D eigenvalue weighted by Crippen LogP contribution is 2.01. The van der Waals surface area contributed by atoms with Crippen molar-refractivity contribution in [1.29, 1.82) is 0 Å². The summed E-state index contributed by atoms with van der Waals surface area (Å²) >= 11 is 0. The summed E-state index contributed by atoms with van der Waals surface area (Å²) in [6, 6.07) is 10.1. The second-order valence-corrected chi connectivity index (χ2v) is 3.80. The minimum absolute atomic E-state index is 0.0160. The lowest BCUT2D eigenvalue weighted by molar-refractivity contribution is 0.113. The largest absolute Gasteiger partial charge is 0.390 e. The summed E-state index contributed by atoms with van der Waals surface area (Å²) in [6.45, 7) is 2.00. The standard InChI is InChI=1S/C13H16N2O2/c16-9-13-8-15(11-14-13)6-7-17-10-12-4-2-1-3-5-12/h1-5,8,11,16H,6-7,9-10H2. The normalized spacial score (nSPS) is 10.6. The van der Waals surface area contributed by atoms with Crippen molar-refractivity contribution in [2.24, 2.45) is 0 Å². The lowest BCUT2D eigenvalue weighted by Crippen LogP contribution is -2.04. The number of benzene rings is 1. The third-order valence-corrected chi connectivity index (χ3v) is 2.45. The summed E-state index contributed by atoms with van der Waals surface area (Å²) in [4.78, 5) is 4.03. The molecule has 1 N–H and O–H groups in total. The number of hydrogen-bond acceptors (Lipinski definition) is 3. The van der Waals surface area contributed by atoms with Gasteiger partial charge in [0.2, 0.25) is 0 Å². The Morgan fingerprint density at radius 2 is 2.06 bits per heavy atom. The molecule has 1 aromatic carbocycles. The molecule has 1 heterocycles. The summed E-state index contributed by atoms with van der Waals surface area (Å²) in [5.74, 6) is 0. The maximum absolute atomic E-state index is 8.86. The Kier molecular flexibility index (Phi) is 4.30. The van der Waals surface area contributed by atoms with Crippen LogP contribution in [-0.2, 0) is 24.5 Å². The van der Waals surface area contributed by atoms with Gasteiger partial charge in [0.15, 0.2) is 0 Å². The maximum Gasteiger partial charge on any atom is 0.0951 e. The monoisotopic (exact) mass is 232 g/mol. The van der Waals surface area contributed by atoms with Crippen molar-refractivity contribution in [3.63, 3.8) is 0 Å². The molecule has 4 nitrogen and oxygen atoms in total. The molecule has 0 spiro atoms. The fraction of sp³-hybridized carbons (Fsp3) is 0.308. The van der Waals surface area contributed by atoms with E-state index in [1.807, 2.05) is 41.1 Å². The van der Waals surface area contributed by atoms with Crippen LogP contribution in [0.4, 0.5) is 0 Å². The zero-order valence-corrected chi connectivity index (χ0v) is 9.62. The van der Waals surface area contributed by atoms with E-state index in [1.165, 1.54) is 5.56 Å². The number of rotatable bonds is 6. The van der Waals surface area contributed by atoms with Gasteiger partial charge in [-0.2, -0.15) is 0 Å². The highest BCUT2D eigenvalue weighted by Gasteiger charge is 1.97. The first-order valence-corrected chi connectivity index (χ1v) is 5.61. The summed E-state index contributed by atoms with van der Waals surface area (Å²) < 4.78 is 7.47. The Bertz CT molecular complexity index is 440. The fourth-order valence-electron chi connectivity index (χ4n) is 1.54. The molecule has 0 saturated heterocycles. The molecule has 0 amide bonds. The third-order valence-electron chi connectivity index (χ3n) is 2.45. The molecule has 0 atom stereocenters. The Morgan fingerprint density at radius 3 is 2.76 bits per heavy atom.